The SMILES string of the molecule is CCCCCC/C=C/CCCCCC[N+](CC(C)C(=O)O)(CC(C)C(=O)O)CC(C)C(=O)O. The van der Waals surface area contributed by atoms with Crippen molar-refractivity contribution < 1.29 is 34.2 Å². The first-order valence-corrected chi connectivity index (χ1v) is 12.7. The largest absolute Gasteiger partial charge is 0.481 e. The Hall–Kier alpha value is -1.89. The van der Waals surface area contributed by atoms with Crippen molar-refractivity contribution in [1.82, 2.24) is 0 Å². The van der Waals surface area contributed by atoms with Gasteiger partial charge in [0, 0.05) is 0 Å². The van der Waals surface area contributed by atoms with Gasteiger partial charge in [0.15, 0.2) is 0 Å². The normalized spacial score (nSPS) is 16.2. The lowest BCUT2D eigenvalue weighted by Gasteiger charge is -2.42. The summed E-state index contributed by atoms with van der Waals surface area (Å²) in [5, 5.41) is 28.4. The fourth-order valence-corrected chi connectivity index (χ4v) is 4.46. The molecule has 0 saturated carbocycles. The predicted octanol–water partition coefficient (Wildman–Crippen LogP) is 5.44. The van der Waals surface area contributed by atoms with Crippen LogP contribution in [0.2, 0.25) is 0 Å². The predicted molar refractivity (Wildman–Crippen MR) is 131 cm³/mol. The van der Waals surface area contributed by atoms with Crippen molar-refractivity contribution in [3.63, 3.8) is 0 Å². The Labute approximate surface area is 200 Å². The summed E-state index contributed by atoms with van der Waals surface area (Å²) in [6.45, 7) is 8.37. The molecule has 192 valence electrons. The third-order valence-corrected chi connectivity index (χ3v) is 6.39. The molecule has 7 heteroatoms. The topological polar surface area (TPSA) is 112 Å². The number of allylic oxidation sites excluding steroid dienone is 2. The smallest absolute Gasteiger partial charge is 0.311 e. The number of hydrogen-bond acceptors (Lipinski definition) is 3. The first-order valence-electron chi connectivity index (χ1n) is 12.7. The van der Waals surface area contributed by atoms with Gasteiger partial charge in [0.1, 0.15) is 17.8 Å². The Morgan fingerprint density at radius 2 is 1.00 bits per heavy atom. The molecule has 0 aliphatic carbocycles. The second-order valence-corrected chi connectivity index (χ2v) is 9.85. The molecule has 0 amide bonds. The van der Waals surface area contributed by atoms with Gasteiger partial charge in [0.2, 0.25) is 0 Å². The maximum Gasteiger partial charge on any atom is 0.311 e. The molecule has 0 aliphatic rings. The molecule has 0 fully saturated rings. The highest BCUT2D eigenvalue weighted by atomic mass is 16.4. The van der Waals surface area contributed by atoms with Crippen LogP contribution in [0.25, 0.3) is 0 Å². The summed E-state index contributed by atoms with van der Waals surface area (Å²) in [5.74, 6) is -4.84. The number of rotatable bonds is 21. The summed E-state index contributed by atoms with van der Waals surface area (Å²) in [6.07, 6.45) is 15.8. The van der Waals surface area contributed by atoms with Gasteiger partial charge in [-0.25, -0.2) is 0 Å². The van der Waals surface area contributed by atoms with E-state index in [-0.39, 0.29) is 24.1 Å². The molecular formula is C26H48NO6+. The van der Waals surface area contributed by atoms with Gasteiger partial charge in [-0.15, -0.1) is 0 Å². The number of carbonyl (C=O) groups is 3. The van der Waals surface area contributed by atoms with Gasteiger partial charge in [-0.2, -0.15) is 0 Å². The molecule has 3 N–H and O–H groups in total. The maximum atomic E-state index is 11.5. The van der Waals surface area contributed by atoms with E-state index in [9.17, 15) is 29.7 Å². The molecule has 0 aliphatic heterocycles. The van der Waals surface area contributed by atoms with Crippen molar-refractivity contribution in [2.24, 2.45) is 17.8 Å². The zero-order valence-electron chi connectivity index (χ0n) is 21.3. The molecule has 0 heterocycles. The number of nitrogens with zero attached hydrogens (tertiary/aromatic N) is 1. The molecule has 0 aromatic carbocycles. The van der Waals surface area contributed by atoms with Gasteiger partial charge in [0.05, 0.1) is 26.2 Å². The maximum absolute atomic E-state index is 11.5. The van der Waals surface area contributed by atoms with Gasteiger partial charge in [-0.3, -0.25) is 14.4 Å². The van der Waals surface area contributed by atoms with Crippen molar-refractivity contribution in [1.29, 1.82) is 0 Å². The minimum absolute atomic E-state index is 0.214. The Bertz CT molecular complexity index is 549. The highest BCUT2D eigenvalue weighted by Crippen LogP contribution is 2.22. The molecule has 0 spiro atoms. The summed E-state index contributed by atoms with van der Waals surface area (Å²) >= 11 is 0. The van der Waals surface area contributed by atoms with E-state index >= 15 is 0 Å². The van der Waals surface area contributed by atoms with Gasteiger partial charge < -0.3 is 19.8 Å². The second-order valence-electron chi connectivity index (χ2n) is 9.85. The van der Waals surface area contributed by atoms with Crippen LogP contribution in [0.3, 0.4) is 0 Å². The lowest BCUT2D eigenvalue weighted by molar-refractivity contribution is -0.934. The molecule has 0 rings (SSSR count). The van der Waals surface area contributed by atoms with Crippen LogP contribution < -0.4 is 0 Å². The molecular weight excluding hydrogens is 422 g/mol. The zero-order valence-corrected chi connectivity index (χ0v) is 21.3. The fourth-order valence-electron chi connectivity index (χ4n) is 4.46. The number of aliphatic carboxylic acids is 3. The molecule has 0 aromatic heterocycles. The summed E-state index contributed by atoms with van der Waals surface area (Å²) in [5.41, 5.74) is 0. The van der Waals surface area contributed by atoms with Crippen LogP contribution in [0, 0.1) is 17.8 Å². The Morgan fingerprint density at radius 1 is 0.636 bits per heavy atom. The molecule has 3 unspecified atom stereocenters. The Kier molecular flexibility index (Phi) is 16.6. The van der Waals surface area contributed by atoms with Crippen molar-refractivity contribution in [2.75, 3.05) is 26.2 Å². The molecule has 7 nitrogen and oxygen atoms in total. The monoisotopic (exact) mass is 470 g/mol. The highest BCUT2D eigenvalue weighted by Gasteiger charge is 2.38. The van der Waals surface area contributed by atoms with E-state index < -0.39 is 35.7 Å². The minimum Gasteiger partial charge on any atom is -0.481 e. The van der Waals surface area contributed by atoms with Crippen LogP contribution in [0.4, 0.5) is 0 Å². The fraction of sp³-hybridized carbons (Fsp3) is 0.808. The van der Waals surface area contributed by atoms with E-state index in [1.165, 1.54) is 25.7 Å². The third-order valence-electron chi connectivity index (χ3n) is 6.39. The Morgan fingerprint density at radius 3 is 1.36 bits per heavy atom. The van der Waals surface area contributed by atoms with Crippen LogP contribution in [-0.4, -0.2) is 63.9 Å². The average molecular weight is 471 g/mol. The standard InChI is InChI=1S/C26H47NO6/c1-5-6-7-8-9-10-11-12-13-14-15-16-17-27(18-21(2)24(28)29,19-22(3)25(30)31)20-23(4)26(32)33/h10-11,21-23H,5-9,12-20H2,1-4H3,(H2-,28,29,30,31,32,33)/p+1/b11-10+. The molecule has 33 heavy (non-hydrogen) atoms. The Balaban J connectivity index is 4.89. The average Bonchev–Trinajstić information content (AvgIpc) is 2.74. The van der Waals surface area contributed by atoms with Crippen LogP contribution in [0.1, 0.15) is 91.9 Å². The van der Waals surface area contributed by atoms with Crippen molar-refractivity contribution >= 4 is 17.9 Å². The van der Waals surface area contributed by atoms with E-state index in [1.807, 2.05) is 0 Å². The quantitative estimate of drug-likeness (QED) is 0.117. The van der Waals surface area contributed by atoms with Gasteiger partial charge in [-0.1, -0.05) is 44.8 Å². The molecule has 0 radical (unpaired) electrons. The van der Waals surface area contributed by atoms with Crippen LogP contribution >= 0.6 is 0 Å². The van der Waals surface area contributed by atoms with Crippen LogP contribution in [0.5, 0.6) is 0 Å². The van der Waals surface area contributed by atoms with E-state index in [4.69, 9.17) is 0 Å². The molecule has 0 aromatic rings. The molecule has 0 saturated heterocycles. The number of unbranched alkanes of at least 4 members (excludes halogenated alkanes) is 8. The van der Waals surface area contributed by atoms with Gasteiger partial charge in [0.25, 0.3) is 0 Å². The second kappa shape index (κ2) is 17.6. The highest BCUT2D eigenvalue weighted by molar-refractivity contribution is 5.70. The lowest BCUT2D eigenvalue weighted by Crippen LogP contribution is -2.57. The molecule has 0 bridgehead atoms. The zero-order chi connectivity index (χ0) is 25.3. The summed E-state index contributed by atoms with van der Waals surface area (Å²) < 4.78 is 0.214. The number of carboxylic acids is 3. The summed E-state index contributed by atoms with van der Waals surface area (Å²) in [4.78, 5) is 34.6. The first-order chi connectivity index (χ1) is 15.5. The van der Waals surface area contributed by atoms with E-state index in [0.29, 0.717) is 6.54 Å². The van der Waals surface area contributed by atoms with E-state index in [2.05, 4.69) is 19.1 Å². The van der Waals surface area contributed by atoms with E-state index in [0.717, 1.165) is 38.5 Å². The van der Waals surface area contributed by atoms with Crippen LogP contribution in [0.15, 0.2) is 12.2 Å². The number of quaternary nitrogens is 1. The van der Waals surface area contributed by atoms with Crippen LogP contribution in [-0.2, 0) is 14.4 Å². The number of carboxylic acid groups (broad SMARTS) is 3. The van der Waals surface area contributed by atoms with Gasteiger partial charge in [-0.05, 0) is 59.3 Å². The summed E-state index contributed by atoms with van der Waals surface area (Å²) in [7, 11) is 0. The summed E-state index contributed by atoms with van der Waals surface area (Å²) in [6, 6.07) is 0. The van der Waals surface area contributed by atoms with Crippen molar-refractivity contribution in [3.8, 4) is 0 Å². The third kappa shape index (κ3) is 14.8. The first kappa shape index (κ1) is 31.1. The number of hydrogen-bond donors (Lipinski definition) is 3. The molecule has 3 atom stereocenters. The minimum atomic E-state index is -0.940. The lowest BCUT2D eigenvalue weighted by atomic mass is 10.0. The van der Waals surface area contributed by atoms with Crippen molar-refractivity contribution in [2.45, 2.75) is 91.9 Å². The van der Waals surface area contributed by atoms with Crippen molar-refractivity contribution in [3.05, 3.63) is 12.2 Å². The van der Waals surface area contributed by atoms with Gasteiger partial charge >= 0.3 is 17.9 Å². The van der Waals surface area contributed by atoms with E-state index in [1.54, 1.807) is 20.8 Å².